The van der Waals surface area contributed by atoms with Gasteiger partial charge in [0, 0.05) is 26.6 Å². The normalized spacial score (nSPS) is 26.7. The van der Waals surface area contributed by atoms with Crippen molar-refractivity contribution in [2.75, 3.05) is 39.3 Å². The van der Waals surface area contributed by atoms with Crippen molar-refractivity contribution in [2.24, 2.45) is 5.92 Å². The number of aromatic nitrogens is 2. The second-order valence-electron chi connectivity index (χ2n) is 5.48. The van der Waals surface area contributed by atoms with E-state index in [0.29, 0.717) is 11.7 Å². The van der Waals surface area contributed by atoms with E-state index < -0.39 is 0 Å². The second-order valence-corrected chi connectivity index (χ2v) is 5.48. The van der Waals surface area contributed by atoms with Crippen LogP contribution in [0.2, 0.25) is 0 Å². The molecule has 3 heterocycles. The van der Waals surface area contributed by atoms with Crippen LogP contribution in [0.4, 0.5) is 0 Å². The van der Waals surface area contributed by atoms with Gasteiger partial charge in [0.25, 0.3) is 0 Å². The molecule has 0 amide bonds. The van der Waals surface area contributed by atoms with Gasteiger partial charge < -0.3 is 14.6 Å². The number of nitrogens with one attached hydrogen (secondary N) is 1. The Hall–Kier alpha value is -0.980. The van der Waals surface area contributed by atoms with E-state index in [1.807, 2.05) is 6.92 Å². The average Bonchev–Trinajstić information content (AvgIpc) is 2.87. The topological polar surface area (TPSA) is 63.4 Å². The number of ether oxygens (including phenoxy) is 1. The van der Waals surface area contributed by atoms with E-state index in [-0.39, 0.29) is 6.10 Å². The van der Waals surface area contributed by atoms with Gasteiger partial charge in [-0.05, 0) is 31.8 Å². The molecule has 2 aliphatic heterocycles. The summed E-state index contributed by atoms with van der Waals surface area (Å²) in [6, 6.07) is 0. The van der Waals surface area contributed by atoms with Crippen molar-refractivity contribution in [3.63, 3.8) is 0 Å². The minimum atomic E-state index is -0.0343. The van der Waals surface area contributed by atoms with E-state index >= 15 is 0 Å². The highest BCUT2D eigenvalue weighted by Gasteiger charge is 2.27. The number of hydrogen-bond donors (Lipinski definition) is 1. The SMILES string of the molecule is Cc1nc(C2CN(CC3CCNCC3)CCO2)no1. The van der Waals surface area contributed by atoms with Crippen molar-refractivity contribution in [1.82, 2.24) is 20.4 Å². The van der Waals surface area contributed by atoms with E-state index in [1.54, 1.807) is 0 Å². The van der Waals surface area contributed by atoms with E-state index in [0.717, 1.165) is 38.7 Å². The van der Waals surface area contributed by atoms with Crippen LogP contribution < -0.4 is 5.32 Å². The molecular formula is C13H22N4O2. The fourth-order valence-corrected chi connectivity index (χ4v) is 2.90. The first-order valence-corrected chi connectivity index (χ1v) is 7.16. The van der Waals surface area contributed by atoms with Gasteiger partial charge in [-0.3, -0.25) is 4.90 Å². The van der Waals surface area contributed by atoms with Crippen LogP contribution in [0.25, 0.3) is 0 Å². The zero-order valence-electron chi connectivity index (χ0n) is 11.5. The van der Waals surface area contributed by atoms with Gasteiger partial charge in [-0.2, -0.15) is 4.98 Å². The smallest absolute Gasteiger partial charge is 0.223 e. The fraction of sp³-hybridized carbons (Fsp3) is 0.846. The highest BCUT2D eigenvalue weighted by atomic mass is 16.5. The minimum absolute atomic E-state index is 0.0343. The Morgan fingerprint density at radius 2 is 2.21 bits per heavy atom. The Labute approximate surface area is 113 Å². The first-order chi connectivity index (χ1) is 9.31. The molecule has 6 heteroatoms. The second kappa shape index (κ2) is 5.98. The molecule has 0 aromatic carbocycles. The van der Waals surface area contributed by atoms with Gasteiger partial charge in [0.15, 0.2) is 0 Å². The van der Waals surface area contributed by atoms with Crippen molar-refractivity contribution in [3.05, 3.63) is 11.7 Å². The maximum Gasteiger partial charge on any atom is 0.223 e. The molecule has 0 bridgehead atoms. The van der Waals surface area contributed by atoms with Gasteiger partial charge in [0.05, 0.1) is 6.61 Å². The molecule has 2 aliphatic rings. The van der Waals surface area contributed by atoms with Crippen LogP contribution in [0.15, 0.2) is 4.52 Å². The standard InChI is InChI=1S/C13H22N4O2/c1-10-15-13(16-19-10)12-9-17(6-7-18-12)8-11-2-4-14-5-3-11/h11-12,14H,2-9H2,1H3. The molecule has 19 heavy (non-hydrogen) atoms. The van der Waals surface area contributed by atoms with Gasteiger partial charge in [-0.15, -0.1) is 0 Å². The Morgan fingerprint density at radius 3 is 2.95 bits per heavy atom. The molecule has 106 valence electrons. The van der Waals surface area contributed by atoms with Crippen LogP contribution in [0.1, 0.15) is 30.7 Å². The average molecular weight is 266 g/mol. The lowest BCUT2D eigenvalue weighted by Gasteiger charge is -2.35. The highest BCUT2D eigenvalue weighted by molar-refractivity contribution is 4.93. The van der Waals surface area contributed by atoms with Crippen molar-refractivity contribution in [1.29, 1.82) is 0 Å². The number of morpholine rings is 1. The summed E-state index contributed by atoms with van der Waals surface area (Å²) in [6.45, 7) is 7.93. The molecule has 6 nitrogen and oxygen atoms in total. The van der Waals surface area contributed by atoms with Crippen molar-refractivity contribution < 1.29 is 9.26 Å². The summed E-state index contributed by atoms with van der Waals surface area (Å²) < 4.78 is 10.8. The van der Waals surface area contributed by atoms with Crippen LogP contribution in [-0.4, -0.2) is 54.4 Å². The lowest BCUT2D eigenvalue weighted by Crippen LogP contribution is -2.43. The van der Waals surface area contributed by atoms with E-state index in [4.69, 9.17) is 9.26 Å². The molecule has 2 fully saturated rings. The summed E-state index contributed by atoms with van der Waals surface area (Å²) in [5.74, 6) is 2.11. The molecule has 1 atom stereocenters. The van der Waals surface area contributed by atoms with E-state index in [9.17, 15) is 0 Å². The van der Waals surface area contributed by atoms with Gasteiger partial charge in [0.1, 0.15) is 6.10 Å². The molecule has 0 radical (unpaired) electrons. The third-order valence-electron chi connectivity index (χ3n) is 3.96. The zero-order valence-corrected chi connectivity index (χ0v) is 11.5. The Bertz CT molecular complexity index is 403. The van der Waals surface area contributed by atoms with Crippen molar-refractivity contribution in [3.8, 4) is 0 Å². The third kappa shape index (κ3) is 3.32. The van der Waals surface area contributed by atoms with Crippen LogP contribution in [0, 0.1) is 12.8 Å². The van der Waals surface area contributed by atoms with Crippen molar-refractivity contribution in [2.45, 2.75) is 25.9 Å². The number of piperidine rings is 1. The first-order valence-electron chi connectivity index (χ1n) is 7.16. The number of aryl methyl sites for hydroxylation is 1. The lowest BCUT2D eigenvalue weighted by atomic mass is 9.97. The monoisotopic (exact) mass is 266 g/mol. The van der Waals surface area contributed by atoms with Gasteiger partial charge in [0.2, 0.25) is 11.7 Å². The molecule has 1 aromatic heterocycles. The lowest BCUT2D eigenvalue weighted by molar-refractivity contribution is -0.0406. The highest BCUT2D eigenvalue weighted by Crippen LogP contribution is 2.22. The molecular weight excluding hydrogens is 244 g/mol. The van der Waals surface area contributed by atoms with Crippen LogP contribution in [-0.2, 0) is 4.74 Å². The Balaban J connectivity index is 1.55. The molecule has 2 saturated heterocycles. The Morgan fingerprint density at radius 1 is 1.37 bits per heavy atom. The number of rotatable bonds is 3. The molecule has 0 saturated carbocycles. The zero-order chi connectivity index (χ0) is 13.1. The van der Waals surface area contributed by atoms with Gasteiger partial charge >= 0.3 is 0 Å². The quantitative estimate of drug-likeness (QED) is 0.871. The molecule has 3 rings (SSSR count). The van der Waals surface area contributed by atoms with E-state index in [2.05, 4.69) is 20.4 Å². The maximum atomic E-state index is 5.76. The molecule has 1 N–H and O–H groups in total. The third-order valence-corrected chi connectivity index (χ3v) is 3.96. The minimum Gasteiger partial charge on any atom is -0.367 e. The van der Waals surface area contributed by atoms with Crippen LogP contribution in [0.5, 0.6) is 0 Å². The predicted octanol–water partition coefficient (Wildman–Crippen LogP) is 0.751. The summed E-state index contributed by atoms with van der Waals surface area (Å²) in [6.07, 6.45) is 2.53. The van der Waals surface area contributed by atoms with Crippen LogP contribution in [0.3, 0.4) is 0 Å². The molecule has 0 spiro atoms. The summed E-state index contributed by atoms with van der Waals surface area (Å²) in [5.41, 5.74) is 0. The van der Waals surface area contributed by atoms with Crippen LogP contribution >= 0.6 is 0 Å². The van der Waals surface area contributed by atoms with Gasteiger partial charge in [-0.1, -0.05) is 5.16 Å². The summed E-state index contributed by atoms with van der Waals surface area (Å²) in [5, 5.41) is 7.39. The first kappa shape index (κ1) is 13.0. The largest absolute Gasteiger partial charge is 0.367 e. The predicted molar refractivity (Wildman–Crippen MR) is 69.8 cm³/mol. The molecule has 0 aliphatic carbocycles. The summed E-state index contributed by atoms with van der Waals surface area (Å²) in [4.78, 5) is 6.76. The molecule has 1 aromatic rings. The van der Waals surface area contributed by atoms with Crippen molar-refractivity contribution >= 4 is 0 Å². The summed E-state index contributed by atoms with van der Waals surface area (Å²) >= 11 is 0. The molecule has 1 unspecified atom stereocenters. The fourth-order valence-electron chi connectivity index (χ4n) is 2.90. The number of hydrogen-bond acceptors (Lipinski definition) is 6. The summed E-state index contributed by atoms with van der Waals surface area (Å²) in [7, 11) is 0. The number of nitrogens with zero attached hydrogens (tertiary/aromatic N) is 3. The maximum absolute atomic E-state index is 5.76. The van der Waals surface area contributed by atoms with E-state index in [1.165, 1.54) is 19.4 Å². The van der Waals surface area contributed by atoms with Gasteiger partial charge in [-0.25, -0.2) is 0 Å². The Kier molecular flexibility index (Phi) is 4.10.